The molecule has 0 unspecified atom stereocenters. The molecular weight excluding hydrogens is 376 g/mol. The second-order valence-corrected chi connectivity index (χ2v) is 6.45. The molecule has 5 nitrogen and oxygen atoms in total. The molecule has 4 rings (SSSR count). The maximum atomic E-state index is 14.3. The van der Waals surface area contributed by atoms with Crippen molar-refractivity contribution in [3.8, 4) is 5.69 Å². The summed E-state index contributed by atoms with van der Waals surface area (Å²) in [5, 5.41) is 2.85. The van der Waals surface area contributed by atoms with Gasteiger partial charge in [0.1, 0.15) is 17.5 Å². The summed E-state index contributed by atoms with van der Waals surface area (Å²) in [6.07, 6.45) is 0. The predicted octanol–water partition coefficient (Wildman–Crippen LogP) is 4.22. The number of amides is 1. The van der Waals surface area contributed by atoms with Crippen molar-refractivity contribution < 1.29 is 13.6 Å². The van der Waals surface area contributed by atoms with Crippen LogP contribution in [0.4, 0.5) is 14.5 Å². The van der Waals surface area contributed by atoms with E-state index in [1.165, 1.54) is 34.9 Å². The lowest BCUT2D eigenvalue weighted by Crippen LogP contribution is -2.22. The highest BCUT2D eigenvalue weighted by atomic mass is 19.1. The number of fused-ring (bicyclic) bond motifs is 1. The normalized spacial score (nSPS) is 10.9. The van der Waals surface area contributed by atoms with Crippen molar-refractivity contribution in [3.63, 3.8) is 0 Å². The molecule has 0 aliphatic heterocycles. The summed E-state index contributed by atoms with van der Waals surface area (Å²) in [5.74, 6) is -1.50. The topological polar surface area (TPSA) is 64.0 Å². The van der Waals surface area contributed by atoms with Crippen molar-refractivity contribution in [1.29, 1.82) is 0 Å². The minimum Gasteiger partial charge on any atom is -0.319 e. The Morgan fingerprint density at radius 1 is 1.00 bits per heavy atom. The molecule has 0 spiro atoms. The Hall–Kier alpha value is -3.87. The van der Waals surface area contributed by atoms with Crippen LogP contribution in [-0.4, -0.2) is 15.5 Å². The molecule has 0 aliphatic carbocycles. The fraction of sp³-hybridized carbons (Fsp3) is 0.0455. The standard InChI is InChI=1S/C22H15F2N3O2/c1-13-25-19-8-3-2-7-17(19)22(29)27(13)16-9-10-18(24)20(12-16)26-21(28)14-5-4-6-15(23)11-14/h2-12H,1H3,(H,26,28). The van der Waals surface area contributed by atoms with E-state index in [2.05, 4.69) is 10.3 Å². The first-order chi connectivity index (χ1) is 13.9. The predicted molar refractivity (Wildman–Crippen MR) is 106 cm³/mol. The minimum atomic E-state index is -0.682. The number of aryl methyl sites for hydroxylation is 1. The van der Waals surface area contributed by atoms with Crippen molar-refractivity contribution in [2.75, 3.05) is 5.32 Å². The van der Waals surface area contributed by atoms with E-state index in [0.717, 1.165) is 12.1 Å². The molecule has 7 heteroatoms. The average Bonchev–Trinajstić information content (AvgIpc) is 2.70. The van der Waals surface area contributed by atoms with Crippen LogP contribution in [0.15, 0.2) is 71.5 Å². The Morgan fingerprint density at radius 2 is 1.79 bits per heavy atom. The quantitative estimate of drug-likeness (QED) is 0.569. The molecule has 1 N–H and O–H groups in total. The van der Waals surface area contributed by atoms with Gasteiger partial charge in [0.05, 0.1) is 22.3 Å². The molecule has 0 atom stereocenters. The molecule has 29 heavy (non-hydrogen) atoms. The molecule has 1 amide bonds. The van der Waals surface area contributed by atoms with Gasteiger partial charge in [-0.3, -0.25) is 14.2 Å². The summed E-state index contributed by atoms with van der Waals surface area (Å²) in [7, 11) is 0. The first-order valence-corrected chi connectivity index (χ1v) is 8.79. The second-order valence-electron chi connectivity index (χ2n) is 6.45. The summed E-state index contributed by atoms with van der Waals surface area (Å²) in [6.45, 7) is 1.67. The van der Waals surface area contributed by atoms with Crippen LogP contribution in [0.5, 0.6) is 0 Å². The first-order valence-electron chi connectivity index (χ1n) is 8.79. The largest absolute Gasteiger partial charge is 0.319 e. The number of carbonyl (C=O) groups is 1. The number of para-hydroxylation sites is 1. The van der Waals surface area contributed by atoms with E-state index in [4.69, 9.17) is 0 Å². The zero-order chi connectivity index (χ0) is 20.5. The lowest BCUT2D eigenvalue weighted by Gasteiger charge is -2.13. The number of hydrogen-bond donors (Lipinski definition) is 1. The average molecular weight is 391 g/mol. The number of halogens is 2. The van der Waals surface area contributed by atoms with Crippen molar-refractivity contribution in [3.05, 3.63) is 100 Å². The fourth-order valence-corrected chi connectivity index (χ4v) is 3.12. The molecule has 144 valence electrons. The third-order valence-electron chi connectivity index (χ3n) is 4.49. The Balaban J connectivity index is 1.77. The highest BCUT2D eigenvalue weighted by Crippen LogP contribution is 2.21. The minimum absolute atomic E-state index is 0.0514. The monoisotopic (exact) mass is 391 g/mol. The van der Waals surface area contributed by atoms with Crippen LogP contribution in [0, 0.1) is 18.6 Å². The van der Waals surface area contributed by atoms with Gasteiger partial charge in [-0.05, 0) is 55.5 Å². The van der Waals surface area contributed by atoms with Crippen LogP contribution in [0.1, 0.15) is 16.2 Å². The van der Waals surface area contributed by atoms with Crippen LogP contribution in [0.25, 0.3) is 16.6 Å². The number of nitrogens with one attached hydrogen (secondary N) is 1. The Morgan fingerprint density at radius 3 is 2.59 bits per heavy atom. The molecule has 4 aromatic rings. The summed E-state index contributed by atoms with van der Waals surface area (Å²) < 4.78 is 29.0. The molecule has 0 saturated carbocycles. The lowest BCUT2D eigenvalue weighted by atomic mass is 10.2. The van der Waals surface area contributed by atoms with E-state index < -0.39 is 17.5 Å². The van der Waals surface area contributed by atoms with Gasteiger partial charge in [0.25, 0.3) is 11.5 Å². The summed E-state index contributed by atoms with van der Waals surface area (Å²) in [5.41, 5.74) is 0.531. The zero-order valence-corrected chi connectivity index (χ0v) is 15.3. The Kier molecular flexibility index (Phi) is 4.64. The van der Waals surface area contributed by atoms with Crippen molar-refractivity contribution in [2.24, 2.45) is 0 Å². The van der Waals surface area contributed by atoms with E-state index in [1.54, 1.807) is 31.2 Å². The van der Waals surface area contributed by atoms with Gasteiger partial charge in [-0.25, -0.2) is 13.8 Å². The maximum absolute atomic E-state index is 14.3. The summed E-state index contributed by atoms with van der Waals surface area (Å²) in [6, 6.07) is 15.9. The van der Waals surface area contributed by atoms with Gasteiger partial charge in [-0.1, -0.05) is 18.2 Å². The van der Waals surface area contributed by atoms with Gasteiger partial charge in [-0.2, -0.15) is 0 Å². The molecule has 1 aromatic heterocycles. The van der Waals surface area contributed by atoms with E-state index >= 15 is 0 Å². The van der Waals surface area contributed by atoms with Gasteiger partial charge < -0.3 is 5.32 Å². The second kappa shape index (κ2) is 7.27. The van der Waals surface area contributed by atoms with Crippen LogP contribution in [0.3, 0.4) is 0 Å². The summed E-state index contributed by atoms with van der Waals surface area (Å²) in [4.78, 5) is 29.7. The van der Waals surface area contributed by atoms with Crippen LogP contribution in [0.2, 0.25) is 0 Å². The first kappa shape index (κ1) is 18.5. The van der Waals surface area contributed by atoms with E-state index in [-0.39, 0.29) is 16.8 Å². The molecule has 0 aliphatic rings. The molecule has 0 bridgehead atoms. The number of aromatic nitrogens is 2. The molecule has 0 radical (unpaired) electrons. The van der Waals surface area contributed by atoms with Crippen LogP contribution < -0.4 is 10.9 Å². The third-order valence-corrected chi connectivity index (χ3v) is 4.49. The molecule has 0 saturated heterocycles. The van der Waals surface area contributed by atoms with Crippen LogP contribution >= 0.6 is 0 Å². The maximum Gasteiger partial charge on any atom is 0.265 e. The van der Waals surface area contributed by atoms with Crippen molar-refractivity contribution in [2.45, 2.75) is 6.92 Å². The Labute approximate surface area is 164 Å². The molecule has 1 heterocycles. The number of nitrogens with zero attached hydrogens (tertiary/aromatic N) is 2. The highest BCUT2D eigenvalue weighted by molar-refractivity contribution is 6.04. The zero-order valence-electron chi connectivity index (χ0n) is 15.3. The smallest absolute Gasteiger partial charge is 0.265 e. The Bertz CT molecular complexity index is 1320. The van der Waals surface area contributed by atoms with E-state index in [9.17, 15) is 18.4 Å². The highest BCUT2D eigenvalue weighted by Gasteiger charge is 2.14. The van der Waals surface area contributed by atoms with Gasteiger partial charge in [0, 0.05) is 5.56 Å². The van der Waals surface area contributed by atoms with Crippen LogP contribution in [-0.2, 0) is 0 Å². The SMILES string of the molecule is Cc1nc2ccccc2c(=O)n1-c1ccc(F)c(NC(=O)c2cccc(F)c2)c1. The number of anilines is 1. The molecular formula is C22H15F2N3O2. The number of benzene rings is 3. The molecule has 3 aromatic carbocycles. The van der Waals surface area contributed by atoms with Gasteiger partial charge in [0.15, 0.2) is 0 Å². The van der Waals surface area contributed by atoms with Crippen molar-refractivity contribution in [1.82, 2.24) is 9.55 Å². The van der Waals surface area contributed by atoms with E-state index in [0.29, 0.717) is 22.4 Å². The third kappa shape index (κ3) is 3.50. The lowest BCUT2D eigenvalue weighted by molar-refractivity contribution is 0.102. The van der Waals surface area contributed by atoms with Gasteiger partial charge in [-0.15, -0.1) is 0 Å². The number of rotatable bonds is 3. The van der Waals surface area contributed by atoms with E-state index in [1.807, 2.05) is 0 Å². The van der Waals surface area contributed by atoms with Gasteiger partial charge >= 0.3 is 0 Å². The molecule has 0 fully saturated rings. The fourth-order valence-electron chi connectivity index (χ4n) is 3.12. The van der Waals surface area contributed by atoms with Crippen molar-refractivity contribution >= 4 is 22.5 Å². The number of hydrogen-bond acceptors (Lipinski definition) is 3. The van der Waals surface area contributed by atoms with Gasteiger partial charge in [0.2, 0.25) is 0 Å². The number of carbonyl (C=O) groups excluding carboxylic acids is 1. The summed E-state index contributed by atoms with van der Waals surface area (Å²) >= 11 is 0.